The van der Waals surface area contributed by atoms with Crippen LogP contribution in [-0.2, 0) is 0 Å². The van der Waals surface area contributed by atoms with E-state index in [9.17, 15) is 10.1 Å². The maximum Gasteiger partial charge on any atom is 0.276 e. The van der Waals surface area contributed by atoms with Crippen LogP contribution in [0.25, 0.3) is 6.08 Å². The van der Waals surface area contributed by atoms with E-state index in [1.165, 1.54) is 6.07 Å². The molecule has 3 nitrogen and oxygen atoms in total. The van der Waals surface area contributed by atoms with E-state index in [0.717, 1.165) is 0 Å². The summed E-state index contributed by atoms with van der Waals surface area (Å²) in [5.41, 5.74) is 0.705. The first-order valence-corrected chi connectivity index (χ1v) is 3.49. The van der Waals surface area contributed by atoms with E-state index in [0.29, 0.717) is 5.56 Å². The predicted molar refractivity (Wildman–Crippen MR) is 46.5 cm³/mol. The third-order valence-electron chi connectivity index (χ3n) is 1.43. The lowest BCUT2D eigenvalue weighted by atomic mass is 10.2. The summed E-state index contributed by atoms with van der Waals surface area (Å²) in [5, 5.41) is 10.5. The van der Waals surface area contributed by atoms with Gasteiger partial charge in [-0.05, 0) is 25.1 Å². The molecule has 61 valence electrons. The van der Waals surface area contributed by atoms with Crippen LogP contribution in [0.4, 0.5) is 5.69 Å². The van der Waals surface area contributed by atoms with Crippen molar-refractivity contribution in [2.75, 3.05) is 0 Å². The topological polar surface area (TPSA) is 43.1 Å². The van der Waals surface area contributed by atoms with Crippen LogP contribution in [0.3, 0.4) is 0 Å². The van der Waals surface area contributed by atoms with Gasteiger partial charge in [0.05, 0.1) is 10.5 Å². The molecule has 0 N–H and O–H groups in total. The predicted octanol–water partition coefficient (Wildman–Crippen LogP) is 2.43. The number of nitro groups is 1. The quantitative estimate of drug-likeness (QED) is 0.495. The smallest absolute Gasteiger partial charge is 0.258 e. The summed E-state index contributed by atoms with van der Waals surface area (Å²) in [5.74, 6) is 0. The molecule has 0 aliphatic rings. The van der Waals surface area contributed by atoms with Crippen LogP contribution in [0.15, 0.2) is 24.3 Å². The molecule has 0 bridgehead atoms. The monoisotopic (exact) mass is 162 g/mol. The molecule has 0 aliphatic carbocycles. The number of hydrogen-bond donors (Lipinski definition) is 0. The van der Waals surface area contributed by atoms with Gasteiger partial charge in [-0.1, -0.05) is 12.1 Å². The Labute approximate surface area is 70.5 Å². The minimum absolute atomic E-state index is 0.117. The maximum atomic E-state index is 10.5. The lowest BCUT2D eigenvalue weighted by molar-refractivity contribution is -0.385. The molecule has 0 aromatic heterocycles. The highest BCUT2D eigenvalue weighted by atomic mass is 16.6. The summed E-state index contributed by atoms with van der Waals surface area (Å²) < 4.78 is 0. The Bertz CT molecular complexity index is 318. The van der Waals surface area contributed by atoms with Gasteiger partial charge in [-0.3, -0.25) is 10.1 Å². The Kier molecular flexibility index (Phi) is 2.58. The lowest BCUT2D eigenvalue weighted by Gasteiger charge is -1.94. The average Bonchev–Trinajstić information content (AvgIpc) is 2.05. The molecule has 0 atom stereocenters. The van der Waals surface area contributed by atoms with Crippen LogP contribution in [-0.4, -0.2) is 4.92 Å². The summed E-state index contributed by atoms with van der Waals surface area (Å²) >= 11 is 0. The highest BCUT2D eigenvalue weighted by Gasteiger charge is 2.08. The normalized spacial score (nSPS) is 10.4. The summed E-state index contributed by atoms with van der Waals surface area (Å²) in [6.45, 7) is 1.71. The molecule has 0 fully saturated rings. The summed E-state index contributed by atoms with van der Waals surface area (Å²) in [6.07, 6.45) is 4.35. The van der Waals surface area contributed by atoms with Crippen LogP contribution in [0.1, 0.15) is 12.5 Å². The van der Waals surface area contributed by atoms with Crippen molar-refractivity contribution in [3.05, 3.63) is 46.0 Å². The number of benzene rings is 1. The Morgan fingerprint density at radius 1 is 1.50 bits per heavy atom. The first-order valence-electron chi connectivity index (χ1n) is 3.49. The summed E-state index contributed by atoms with van der Waals surface area (Å²) in [6, 6.07) is 6.57. The maximum absolute atomic E-state index is 10.5. The molecule has 0 aliphatic heterocycles. The van der Waals surface area contributed by atoms with Gasteiger partial charge in [-0.15, -0.1) is 0 Å². The molecule has 0 heterocycles. The molecular weight excluding hydrogens is 154 g/mol. The van der Waals surface area contributed by atoms with Gasteiger partial charge in [0.15, 0.2) is 0 Å². The van der Waals surface area contributed by atoms with Gasteiger partial charge >= 0.3 is 0 Å². The van der Waals surface area contributed by atoms with E-state index >= 15 is 0 Å². The van der Waals surface area contributed by atoms with Crippen molar-refractivity contribution in [2.24, 2.45) is 0 Å². The lowest BCUT2D eigenvalue weighted by Crippen LogP contribution is -1.90. The fourth-order valence-corrected chi connectivity index (χ4v) is 0.931. The van der Waals surface area contributed by atoms with Crippen molar-refractivity contribution in [2.45, 2.75) is 6.92 Å². The summed E-state index contributed by atoms with van der Waals surface area (Å²) in [7, 11) is 0. The second-order valence-corrected chi connectivity index (χ2v) is 2.25. The van der Waals surface area contributed by atoms with Gasteiger partial charge in [0.1, 0.15) is 0 Å². The molecule has 1 aromatic rings. The van der Waals surface area contributed by atoms with E-state index in [4.69, 9.17) is 0 Å². The Morgan fingerprint density at radius 3 is 2.75 bits per heavy atom. The molecule has 12 heavy (non-hydrogen) atoms. The Balaban J connectivity index is 3.17. The van der Waals surface area contributed by atoms with Gasteiger partial charge in [0.2, 0.25) is 0 Å². The van der Waals surface area contributed by atoms with Crippen molar-refractivity contribution in [1.29, 1.82) is 0 Å². The second kappa shape index (κ2) is 3.67. The minimum atomic E-state index is -0.400. The number of para-hydroxylation sites is 1. The molecule has 3 heteroatoms. The van der Waals surface area contributed by atoms with E-state index in [1.54, 1.807) is 31.2 Å². The molecule has 1 radical (unpaired) electrons. The number of rotatable bonds is 2. The van der Waals surface area contributed by atoms with E-state index in [2.05, 4.69) is 6.08 Å². The second-order valence-electron chi connectivity index (χ2n) is 2.25. The van der Waals surface area contributed by atoms with Gasteiger partial charge in [-0.2, -0.15) is 0 Å². The van der Waals surface area contributed by atoms with Crippen molar-refractivity contribution in [3.8, 4) is 0 Å². The Hall–Kier alpha value is -1.64. The molecule has 0 amide bonds. The standard InChI is InChI=1S/C9H8NO2/c1-2-5-8-6-3-4-7-9(8)10(11)12/h3-7H,1H3. The highest BCUT2D eigenvalue weighted by molar-refractivity contribution is 5.59. The van der Waals surface area contributed by atoms with Gasteiger partial charge in [-0.25, -0.2) is 0 Å². The van der Waals surface area contributed by atoms with Gasteiger partial charge < -0.3 is 0 Å². The number of nitro benzene ring substituents is 1. The zero-order valence-corrected chi connectivity index (χ0v) is 6.65. The van der Waals surface area contributed by atoms with Crippen molar-refractivity contribution in [3.63, 3.8) is 0 Å². The zero-order chi connectivity index (χ0) is 8.97. The Morgan fingerprint density at radius 2 is 2.17 bits per heavy atom. The number of nitrogens with zero attached hydrogens (tertiary/aromatic N) is 1. The molecule has 0 saturated carbocycles. The third-order valence-corrected chi connectivity index (χ3v) is 1.43. The molecule has 0 unspecified atom stereocenters. The average molecular weight is 162 g/mol. The van der Waals surface area contributed by atoms with Crippen LogP contribution in [0.2, 0.25) is 0 Å². The van der Waals surface area contributed by atoms with Crippen LogP contribution < -0.4 is 0 Å². The number of allylic oxidation sites excluding steroid dienone is 1. The van der Waals surface area contributed by atoms with Gasteiger partial charge in [0.25, 0.3) is 5.69 Å². The van der Waals surface area contributed by atoms with E-state index in [-0.39, 0.29) is 5.69 Å². The van der Waals surface area contributed by atoms with Crippen LogP contribution >= 0.6 is 0 Å². The van der Waals surface area contributed by atoms with E-state index < -0.39 is 4.92 Å². The van der Waals surface area contributed by atoms with Crippen molar-refractivity contribution >= 4 is 11.8 Å². The van der Waals surface area contributed by atoms with Gasteiger partial charge in [0, 0.05) is 6.07 Å². The fourth-order valence-electron chi connectivity index (χ4n) is 0.931. The minimum Gasteiger partial charge on any atom is -0.258 e. The van der Waals surface area contributed by atoms with Crippen LogP contribution in [0.5, 0.6) is 0 Å². The van der Waals surface area contributed by atoms with E-state index in [1.807, 2.05) is 0 Å². The number of hydrogen-bond acceptors (Lipinski definition) is 2. The zero-order valence-electron chi connectivity index (χ0n) is 6.65. The first kappa shape index (κ1) is 8.46. The largest absolute Gasteiger partial charge is 0.276 e. The van der Waals surface area contributed by atoms with Crippen LogP contribution in [0, 0.1) is 16.2 Å². The fraction of sp³-hybridized carbons (Fsp3) is 0.111. The molecule has 0 spiro atoms. The summed E-state index contributed by atoms with van der Waals surface area (Å²) in [4.78, 5) is 10.1. The highest BCUT2D eigenvalue weighted by Crippen LogP contribution is 2.18. The molecule has 1 aromatic carbocycles. The van der Waals surface area contributed by atoms with Crippen molar-refractivity contribution in [1.82, 2.24) is 0 Å². The SMILES string of the molecule is C/[C]=C/c1ccccc1[N+](=O)[O-]. The van der Waals surface area contributed by atoms with Crippen molar-refractivity contribution < 1.29 is 4.92 Å². The molecule has 1 rings (SSSR count). The molecular formula is C9H8NO2. The third kappa shape index (κ3) is 1.69. The first-order chi connectivity index (χ1) is 5.75. The molecule has 0 saturated heterocycles.